The van der Waals surface area contributed by atoms with Gasteiger partial charge in [-0.1, -0.05) is 0 Å². The zero-order valence-corrected chi connectivity index (χ0v) is 3.05. The molecule has 0 heterocycles. The van der Waals surface area contributed by atoms with Crippen molar-refractivity contribution in [3.05, 3.63) is 0 Å². The van der Waals surface area contributed by atoms with Gasteiger partial charge in [-0.2, -0.15) is 0 Å². The van der Waals surface area contributed by atoms with E-state index in [1.54, 1.807) is 0 Å². The molecule has 0 amide bonds. The predicted octanol–water partition coefficient (Wildman–Crippen LogP) is -2.26. The van der Waals surface area contributed by atoms with Gasteiger partial charge in [-0.3, -0.25) is 0 Å². The Balaban J connectivity index is 0. The van der Waals surface area contributed by atoms with E-state index in [4.69, 9.17) is 10.0 Å². The van der Waals surface area contributed by atoms with Crippen LogP contribution in [0.5, 0.6) is 0 Å². The molecule has 0 aliphatic carbocycles. The fourth-order valence-corrected chi connectivity index (χ4v) is 0. The SMILES string of the molecule is [B]B(O)O.[Li]. The summed E-state index contributed by atoms with van der Waals surface area (Å²) in [6.45, 7) is 0. The molecule has 0 saturated carbocycles. The minimum atomic E-state index is -1.67. The third-order valence-electron chi connectivity index (χ3n) is 0. The molecule has 0 aromatic heterocycles. The molecule has 0 aromatic rings. The maximum atomic E-state index is 7.39. The van der Waals surface area contributed by atoms with Crippen molar-refractivity contribution in [2.45, 2.75) is 0 Å². The molecule has 0 saturated heterocycles. The molecule has 0 rings (SSSR count). The summed E-state index contributed by atoms with van der Waals surface area (Å²) in [5, 5.41) is 14.8. The smallest absolute Gasteiger partial charge is 0.381 e. The van der Waals surface area contributed by atoms with E-state index in [0.717, 1.165) is 0 Å². The number of rotatable bonds is 0. The standard InChI is InChI=1S/B2H2O2.Li/c1-2(3)4;/h3-4H;. The first-order chi connectivity index (χ1) is 1.73. The molecule has 5 heavy (non-hydrogen) atoms. The summed E-state index contributed by atoms with van der Waals surface area (Å²) >= 11 is 0. The summed E-state index contributed by atoms with van der Waals surface area (Å²) in [5.74, 6) is 0. The quantitative estimate of drug-likeness (QED) is 0.311. The molecule has 0 unspecified atom stereocenters. The van der Waals surface area contributed by atoms with Crippen LogP contribution in [0.2, 0.25) is 0 Å². The average Bonchev–Trinajstić information content (AvgIpc) is 0.811. The molecule has 0 atom stereocenters. The molecule has 0 spiro atoms. The second-order valence-electron chi connectivity index (χ2n) is 0.414. The monoisotopic (exact) mass is 63.0 g/mol. The zero-order valence-electron chi connectivity index (χ0n) is 3.05. The van der Waals surface area contributed by atoms with Gasteiger partial charge in [0.25, 0.3) is 0 Å². The molecule has 0 aromatic carbocycles. The van der Waals surface area contributed by atoms with E-state index in [2.05, 4.69) is 7.74 Å². The fourth-order valence-electron chi connectivity index (χ4n) is 0. The fraction of sp³-hybridized carbons (Fsp3) is 0. The van der Waals surface area contributed by atoms with E-state index >= 15 is 0 Å². The van der Waals surface area contributed by atoms with Gasteiger partial charge < -0.3 is 10.0 Å². The van der Waals surface area contributed by atoms with Crippen molar-refractivity contribution in [3.63, 3.8) is 0 Å². The third kappa shape index (κ3) is 77.7. The maximum Gasteiger partial charge on any atom is 0.381 e. The van der Waals surface area contributed by atoms with Gasteiger partial charge in [0.2, 0.25) is 0 Å². The van der Waals surface area contributed by atoms with E-state index in [0.29, 0.717) is 0 Å². The normalized spacial score (nSPS) is 5.20. The van der Waals surface area contributed by atoms with Crippen molar-refractivity contribution in [1.82, 2.24) is 0 Å². The van der Waals surface area contributed by atoms with Crippen LogP contribution in [-0.4, -0.2) is 43.7 Å². The van der Waals surface area contributed by atoms with Gasteiger partial charge in [-0.15, -0.1) is 0 Å². The van der Waals surface area contributed by atoms with Gasteiger partial charge in [0.05, 0.1) is 0 Å². The zero-order chi connectivity index (χ0) is 3.58. The number of hydrogen-bond acceptors (Lipinski definition) is 2. The summed E-state index contributed by atoms with van der Waals surface area (Å²) in [5.41, 5.74) is 0. The molecule has 2 N–H and O–H groups in total. The van der Waals surface area contributed by atoms with Gasteiger partial charge in [0.1, 0.15) is 7.74 Å². The minimum absolute atomic E-state index is 0. The molecular weight excluding hydrogens is 60.6 g/mol. The van der Waals surface area contributed by atoms with Crippen molar-refractivity contribution < 1.29 is 10.0 Å². The van der Waals surface area contributed by atoms with Crippen LogP contribution in [0.1, 0.15) is 0 Å². The largest absolute Gasteiger partial charge is 0.434 e. The van der Waals surface area contributed by atoms with Crippen LogP contribution in [0, 0.1) is 0 Å². The molecule has 0 fully saturated rings. The Bertz CT molecular complexity index is 12.4. The molecule has 21 valence electrons. The Morgan fingerprint density at radius 1 is 1.40 bits per heavy atom. The Morgan fingerprint density at radius 3 is 1.40 bits per heavy atom. The van der Waals surface area contributed by atoms with Gasteiger partial charge in [0, 0.05) is 18.9 Å². The first-order valence-electron chi connectivity index (χ1n) is 0.850. The Labute approximate surface area is 44.3 Å². The van der Waals surface area contributed by atoms with Crippen molar-refractivity contribution in [2.24, 2.45) is 0 Å². The van der Waals surface area contributed by atoms with Crippen molar-refractivity contribution in [3.8, 4) is 0 Å². The summed E-state index contributed by atoms with van der Waals surface area (Å²) in [6.07, 6.45) is 0. The van der Waals surface area contributed by atoms with E-state index in [-0.39, 0.29) is 18.9 Å². The predicted molar refractivity (Wildman–Crippen MR) is 21.7 cm³/mol. The van der Waals surface area contributed by atoms with Gasteiger partial charge in [0.15, 0.2) is 0 Å². The summed E-state index contributed by atoms with van der Waals surface area (Å²) in [7, 11) is 2.56. The number of hydrogen-bond donors (Lipinski definition) is 2. The maximum absolute atomic E-state index is 7.39. The van der Waals surface area contributed by atoms with Crippen LogP contribution in [0.15, 0.2) is 0 Å². The van der Waals surface area contributed by atoms with E-state index < -0.39 is 7.01 Å². The Morgan fingerprint density at radius 2 is 1.40 bits per heavy atom. The van der Waals surface area contributed by atoms with Gasteiger partial charge in [-0.25, -0.2) is 0 Å². The molecular formula is H2B2LiO2. The Hall–Kier alpha value is 0.647. The first kappa shape index (κ1) is 9.17. The van der Waals surface area contributed by atoms with Crippen LogP contribution in [0.3, 0.4) is 0 Å². The minimum Gasteiger partial charge on any atom is -0.434 e. The molecule has 5 heteroatoms. The van der Waals surface area contributed by atoms with Crippen LogP contribution in [0.25, 0.3) is 0 Å². The second kappa shape index (κ2) is 4.65. The molecule has 0 aliphatic heterocycles. The van der Waals surface area contributed by atoms with Gasteiger partial charge >= 0.3 is 7.01 Å². The second-order valence-corrected chi connectivity index (χ2v) is 0.414. The van der Waals surface area contributed by atoms with E-state index in [1.807, 2.05) is 0 Å². The summed E-state index contributed by atoms with van der Waals surface area (Å²) in [4.78, 5) is 0. The topological polar surface area (TPSA) is 40.5 Å². The summed E-state index contributed by atoms with van der Waals surface area (Å²) in [6, 6.07) is 0. The summed E-state index contributed by atoms with van der Waals surface area (Å²) < 4.78 is 0. The van der Waals surface area contributed by atoms with Crippen molar-refractivity contribution in [2.75, 3.05) is 0 Å². The third-order valence-corrected chi connectivity index (χ3v) is 0. The van der Waals surface area contributed by atoms with Crippen molar-refractivity contribution in [1.29, 1.82) is 0 Å². The van der Waals surface area contributed by atoms with Crippen LogP contribution >= 0.6 is 0 Å². The van der Waals surface area contributed by atoms with E-state index in [1.165, 1.54) is 0 Å². The molecule has 0 bridgehead atoms. The van der Waals surface area contributed by atoms with Crippen LogP contribution in [0.4, 0.5) is 0 Å². The van der Waals surface area contributed by atoms with Crippen LogP contribution < -0.4 is 0 Å². The first-order valence-corrected chi connectivity index (χ1v) is 0.850. The van der Waals surface area contributed by atoms with Crippen LogP contribution in [-0.2, 0) is 0 Å². The molecule has 2 nitrogen and oxygen atoms in total. The van der Waals surface area contributed by atoms with Gasteiger partial charge in [-0.05, 0) is 0 Å². The molecule has 0 aliphatic rings. The Kier molecular flexibility index (Phi) is 8.52. The van der Waals surface area contributed by atoms with E-state index in [9.17, 15) is 0 Å². The molecule has 3 radical (unpaired) electrons. The average molecular weight is 62.6 g/mol. The van der Waals surface area contributed by atoms with Crippen molar-refractivity contribution >= 4 is 33.6 Å².